The van der Waals surface area contributed by atoms with Gasteiger partial charge in [0.05, 0.1) is 24.4 Å². The minimum Gasteiger partial charge on any atom is -0.492 e. The summed E-state index contributed by atoms with van der Waals surface area (Å²) in [5.41, 5.74) is 6.56. The average molecular weight is 324 g/mol. The van der Waals surface area contributed by atoms with Gasteiger partial charge < -0.3 is 20.7 Å². The Morgan fingerprint density at radius 1 is 1.35 bits per heavy atom. The van der Waals surface area contributed by atoms with E-state index in [-0.39, 0.29) is 5.78 Å². The Hall–Kier alpha value is -2.12. The summed E-state index contributed by atoms with van der Waals surface area (Å²) in [6, 6.07) is 2.76. The van der Waals surface area contributed by atoms with Crippen LogP contribution in [0.3, 0.4) is 0 Å². The van der Waals surface area contributed by atoms with Gasteiger partial charge in [-0.25, -0.2) is 0 Å². The van der Waals surface area contributed by atoms with E-state index in [1.165, 1.54) is 13.0 Å². The van der Waals surface area contributed by atoms with Crippen molar-refractivity contribution in [2.45, 2.75) is 45.4 Å². The smallest absolute Gasteiger partial charge is 0.323 e. The van der Waals surface area contributed by atoms with Crippen molar-refractivity contribution in [2.24, 2.45) is 0 Å². The average Bonchev–Trinajstić information content (AvgIpc) is 2.49. The first-order valence-electron chi connectivity index (χ1n) is 7.55. The van der Waals surface area contributed by atoms with Crippen LogP contribution in [0, 0.1) is 0 Å². The molecule has 1 rings (SSSR count). The Bertz CT molecular complexity index is 559. The number of hydrogen-bond acceptors (Lipinski definition) is 6. The molecule has 0 aliphatic carbocycles. The van der Waals surface area contributed by atoms with Crippen molar-refractivity contribution in [1.29, 1.82) is 0 Å². The molecular formula is C16H24N2O5. The van der Waals surface area contributed by atoms with Crippen molar-refractivity contribution in [3.8, 4) is 5.75 Å². The standard InChI is InChI=1S/C16H24N2O5/c1-4-12(18-14(9(3)19)16(21)22)15(20)10-6-7-13(23-5-2)11(17)8-10/h6-9,12,14,18-19H,4-5,17H2,1-3H3,(H,21,22). The van der Waals surface area contributed by atoms with Crippen LogP contribution in [0.1, 0.15) is 37.6 Å². The molecule has 0 fully saturated rings. The number of rotatable bonds is 9. The Morgan fingerprint density at radius 2 is 2.00 bits per heavy atom. The molecule has 7 heteroatoms. The van der Waals surface area contributed by atoms with Crippen molar-refractivity contribution >= 4 is 17.4 Å². The van der Waals surface area contributed by atoms with Gasteiger partial charge in [0.15, 0.2) is 5.78 Å². The van der Waals surface area contributed by atoms with E-state index in [0.717, 1.165) is 0 Å². The number of ketones is 1. The number of hydrogen-bond donors (Lipinski definition) is 4. The van der Waals surface area contributed by atoms with E-state index in [1.54, 1.807) is 19.1 Å². The minimum atomic E-state index is -1.22. The van der Waals surface area contributed by atoms with E-state index in [2.05, 4.69) is 5.32 Å². The number of aliphatic carboxylic acids is 1. The Balaban J connectivity index is 2.96. The lowest BCUT2D eigenvalue weighted by molar-refractivity contribution is -0.142. The molecule has 23 heavy (non-hydrogen) atoms. The highest BCUT2D eigenvalue weighted by atomic mass is 16.5. The SMILES string of the molecule is CCOc1ccc(C(=O)C(CC)NC(C(=O)O)C(C)O)cc1N. The second-order valence-corrected chi connectivity index (χ2v) is 5.23. The lowest BCUT2D eigenvalue weighted by atomic mass is 9.99. The lowest BCUT2D eigenvalue weighted by Crippen LogP contribution is -2.51. The van der Waals surface area contributed by atoms with Crippen molar-refractivity contribution in [3.63, 3.8) is 0 Å². The number of carboxylic acid groups (broad SMARTS) is 1. The molecule has 0 heterocycles. The van der Waals surface area contributed by atoms with Gasteiger partial charge in [-0.05, 0) is 38.5 Å². The van der Waals surface area contributed by atoms with E-state index in [1.807, 2.05) is 6.92 Å². The van der Waals surface area contributed by atoms with E-state index >= 15 is 0 Å². The Kier molecular flexibility index (Phi) is 6.99. The number of aliphatic hydroxyl groups is 1. The normalized spacial score (nSPS) is 14.8. The molecule has 0 radical (unpaired) electrons. The molecule has 0 saturated carbocycles. The summed E-state index contributed by atoms with van der Waals surface area (Å²) in [5.74, 6) is -0.996. The molecule has 0 amide bonds. The molecule has 1 aromatic rings. The Morgan fingerprint density at radius 3 is 2.43 bits per heavy atom. The topological polar surface area (TPSA) is 122 Å². The van der Waals surface area contributed by atoms with Gasteiger partial charge in [0.1, 0.15) is 11.8 Å². The van der Waals surface area contributed by atoms with E-state index in [9.17, 15) is 14.7 Å². The molecule has 0 bridgehead atoms. The monoisotopic (exact) mass is 324 g/mol. The van der Waals surface area contributed by atoms with Crippen LogP contribution in [0.2, 0.25) is 0 Å². The number of Topliss-reactive ketones (excluding diaryl/α,β-unsaturated/α-hetero) is 1. The van der Waals surface area contributed by atoms with Crippen LogP contribution in [0.4, 0.5) is 5.69 Å². The number of nitrogens with one attached hydrogen (secondary N) is 1. The first-order valence-corrected chi connectivity index (χ1v) is 7.55. The quantitative estimate of drug-likeness (QED) is 0.395. The van der Waals surface area contributed by atoms with Gasteiger partial charge >= 0.3 is 5.97 Å². The molecule has 3 atom stereocenters. The van der Waals surface area contributed by atoms with Crippen molar-refractivity contribution in [2.75, 3.05) is 12.3 Å². The van der Waals surface area contributed by atoms with E-state index in [4.69, 9.17) is 15.6 Å². The zero-order valence-electron chi connectivity index (χ0n) is 13.6. The zero-order valence-corrected chi connectivity index (χ0v) is 13.6. The zero-order chi connectivity index (χ0) is 17.6. The van der Waals surface area contributed by atoms with Gasteiger partial charge in [0.2, 0.25) is 0 Å². The summed E-state index contributed by atoms with van der Waals surface area (Å²) in [6.45, 7) is 5.41. The summed E-state index contributed by atoms with van der Waals surface area (Å²) >= 11 is 0. The van der Waals surface area contributed by atoms with Crippen LogP contribution in [0.15, 0.2) is 18.2 Å². The van der Waals surface area contributed by atoms with Crippen LogP contribution in [0.25, 0.3) is 0 Å². The van der Waals surface area contributed by atoms with Crippen molar-refractivity contribution in [1.82, 2.24) is 5.32 Å². The van der Waals surface area contributed by atoms with Gasteiger partial charge in [0, 0.05) is 5.56 Å². The molecule has 7 nitrogen and oxygen atoms in total. The molecular weight excluding hydrogens is 300 g/mol. The number of nitrogens with two attached hydrogens (primary N) is 1. The molecule has 0 aliphatic rings. The maximum absolute atomic E-state index is 12.5. The van der Waals surface area contributed by atoms with Gasteiger partial charge in [-0.3, -0.25) is 14.9 Å². The second kappa shape index (κ2) is 8.50. The predicted octanol–water partition coefficient (Wildman–Crippen LogP) is 1.05. The molecule has 0 aromatic heterocycles. The molecule has 1 aromatic carbocycles. The van der Waals surface area contributed by atoms with Crippen molar-refractivity contribution < 1.29 is 24.5 Å². The van der Waals surface area contributed by atoms with Gasteiger partial charge in [-0.2, -0.15) is 0 Å². The number of ether oxygens (including phenoxy) is 1. The number of carboxylic acids is 1. The molecule has 0 saturated heterocycles. The number of carbonyl (C=O) groups excluding carboxylic acids is 1. The van der Waals surface area contributed by atoms with Crippen LogP contribution in [-0.4, -0.2) is 46.8 Å². The van der Waals surface area contributed by atoms with Crippen LogP contribution < -0.4 is 15.8 Å². The molecule has 0 spiro atoms. The first kappa shape index (κ1) is 18.9. The summed E-state index contributed by atoms with van der Waals surface area (Å²) in [4.78, 5) is 23.7. The van der Waals surface area contributed by atoms with Gasteiger partial charge in [-0.15, -0.1) is 0 Å². The van der Waals surface area contributed by atoms with Gasteiger partial charge in [-0.1, -0.05) is 6.92 Å². The lowest BCUT2D eigenvalue weighted by Gasteiger charge is -2.23. The molecule has 5 N–H and O–H groups in total. The largest absolute Gasteiger partial charge is 0.492 e. The number of aliphatic hydroxyl groups excluding tert-OH is 1. The highest BCUT2D eigenvalue weighted by Crippen LogP contribution is 2.23. The molecule has 0 aliphatic heterocycles. The number of benzene rings is 1. The summed E-state index contributed by atoms with van der Waals surface area (Å²) in [6.07, 6.45) is -0.748. The number of carbonyl (C=O) groups is 2. The maximum atomic E-state index is 12.5. The highest BCUT2D eigenvalue weighted by Gasteiger charge is 2.29. The van der Waals surface area contributed by atoms with E-state index in [0.29, 0.717) is 30.0 Å². The third-order valence-corrected chi connectivity index (χ3v) is 3.45. The van der Waals surface area contributed by atoms with Crippen LogP contribution in [0.5, 0.6) is 5.75 Å². The predicted molar refractivity (Wildman–Crippen MR) is 86.7 cm³/mol. The van der Waals surface area contributed by atoms with Gasteiger partial charge in [0.25, 0.3) is 0 Å². The maximum Gasteiger partial charge on any atom is 0.323 e. The fourth-order valence-electron chi connectivity index (χ4n) is 2.20. The second-order valence-electron chi connectivity index (χ2n) is 5.23. The van der Waals surface area contributed by atoms with E-state index < -0.39 is 24.2 Å². The third-order valence-electron chi connectivity index (χ3n) is 3.45. The summed E-state index contributed by atoms with van der Waals surface area (Å²) < 4.78 is 5.32. The minimum absolute atomic E-state index is 0.283. The third kappa shape index (κ3) is 4.94. The number of nitrogen functional groups attached to an aromatic ring is 1. The number of anilines is 1. The Labute approximate surface area is 135 Å². The van der Waals surface area contributed by atoms with Crippen LogP contribution in [-0.2, 0) is 4.79 Å². The molecule has 3 unspecified atom stereocenters. The van der Waals surface area contributed by atoms with Crippen molar-refractivity contribution in [3.05, 3.63) is 23.8 Å². The van der Waals surface area contributed by atoms with Crippen LogP contribution >= 0.6 is 0 Å². The first-order chi connectivity index (χ1) is 10.8. The summed E-state index contributed by atoms with van der Waals surface area (Å²) in [5, 5.41) is 21.3. The summed E-state index contributed by atoms with van der Waals surface area (Å²) in [7, 11) is 0. The fourth-order valence-corrected chi connectivity index (χ4v) is 2.20. The fraction of sp³-hybridized carbons (Fsp3) is 0.500. The molecule has 128 valence electrons. The highest BCUT2D eigenvalue weighted by molar-refractivity contribution is 6.01.